The van der Waals surface area contributed by atoms with E-state index >= 15 is 0 Å². The maximum absolute atomic E-state index is 12.8. The average Bonchev–Trinajstić information content (AvgIpc) is 3.20. The summed E-state index contributed by atoms with van der Waals surface area (Å²) in [4.78, 5) is 39.9. The van der Waals surface area contributed by atoms with Crippen LogP contribution in [0.3, 0.4) is 0 Å². The van der Waals surface area contributed by atoms with Crippen LogP contribution >= 0.6 is 0 Å². The third kappa shape index (κ3) is 4.17. The van der Waals surface area contributed by atoms with Gasteiger partial charge < -0.3 is 19.0 Å². The fourth-order valence-corrected chi connectivity index (χ4v) is 3.94. The Morgan fingerprint density at radius 3 is 2.23 bits per heavy atom. The quantitative estimate of drug-likeness (QED) is 0.453. The average molecular weight is 422 g/mol. The molecule has 0 unspecified atom stereocenters. The molecule has 31 heavy (non-hydrogen) atoms. The highest BCUT2D eigenvalue weighted by atomic mass is 16.5. The summed E-state index contributed by atoms with van der Waals surface area (Å²) in [6.45, 7) is 8.22. The van der Waals surface area contributed by atoms with Gasteiger partial charge in [0.1, 0.15) is 11.4 Å². The van der Waals surface area contributed by atoms with Crippen molar-refractivity contribution in [2.75, 3.05) is 13.7 Å². The van der Waals surface area contributed by atoms with Crippen LogP contribution in [0.5, 0.6) is 5.75 Å². The number of Topliss-reactive ketones (excluding diaryl/α,β-unsaturated/α-hetero) is 2. The molecule has 162 valence electrons. The van der Waals surface area contributed by atoms with Crippen LogP contribution in [0.4, 0.5) is 0 Å². The van der Waals surface area contributed by atoms with Crippen molar-refractivity contribution >= 4 is 17.5 Å². The van der Waals surface area contributed by atoms with Gasteiger partial charge in [-0.25, -0.2) is 4.79 Å². The highest BCUT2D eigenvalue weighted by Crippen LogP contribution is 2.24. The second-order valence-corrected chi connectivity index (χ2v) is 7.50. The van der Waals surface area contributed by atoms with Crippen LogP contribution in [0, 0.1) is 27.7 Å². The van der Waals surface area contributed by atoms with Crippen molar-refractivity contribution in [2.24, 2.45) is 0 Å². The Morgan fingerprint density at radius 1 is 1.03 bits per heavy atom. The number of carbonyl (C=O) groups excluding carboxylic acids is 3. The molecule has 7 heteroatoms. The predicted molar refractivity (Wildman–Crippen MR) is 117 cm³/mol. The molecule has 2 heterocycles. The molecule has 0 spiro atoms. The molecule has 0 aliphatic heterocycles. The van der Waals surface area contributed by atoms with Gasteiger partial charge in [0.2, 0.25) is 5.78 Å². The van der Waals surface area contributed by atoms with Gasteiger partial charge >= 0.3 is 5.97 Å². The standard InChI is InChI=1S/C24H26N2O5/c1-13-11-20(16(4)26(13)18-7-9-19(30-6)10-8-18)21(28)12-31-24(29)23-14(2)22(17(5)27)15(3)25-23/h7-11,25H,12H2,1-6H3. The number of aryl methyl sites for hydroxylation is 2. The van der Waals surface area contributed by atoms with Crippen molar-refractivity contribution in [3.05, 3.63) is 69.8 Å². The normalized spacial score (nSPS) is 10.8. The molecule has 0 bridgehead atoms. The number of esters is 1. The van der Waals surface area contributed by atoms with Crippen LogP contribution in [0.2, 0.25) is 0 Å². The van der Waals surface area contributed by atoms with Crippen LogP contribution in [-0.4, -0.2) is 40.8 Å². The van der Waals surface area contributed by atoms with Gasteiger partial charge in [-0.3, -0.25) is 9.59 Å². The largest absolute Gasteiger partial charge is 0.497 e. The van der Waals surface area contributed by atoms with E-state index in [-0.39, 0.29) is 17.3 Å². The molecule has 0 amide bonds. The first-order valence-electron chi connectivity index (χ1n) is 9.89. The lowest BCUT2D eigenvalue weighted by Gasteiger charge is -2.11. The van der Waals surface area contributed by atoms with Gasteiger partial charge in [-0.2, -0.15) is 0 Å². The second-order valence-electron chi connectivity index (χ2n) is 7.50. The summed E-state index contributed by atoms with van der Waals surface area (Å²) in [5.41, 5.74) is 4.84. The Labute approximate surface area is 181 Å². The van der Waals surface area contributed by atoms with Gasteiger partial charge in [0.25, 0.3) is 0 Å². The lowest BCUT2D eigenvalue weighted by atomic mass is 10.1. The van der Waals surface area contributed by atoms with Gasteiger partial charge in [0.05, 0.1) is 7.11 Å². The Bertz CT molecular complexity index is 1170. The number of ether oxygens (including phenoxy) is 2. The summed E-state index contributed by atoms with van der Waals surface area (Å²) in [6.07, 6.45) is 0. The Balaban J connectivity index is 1.78. The molecule has 0 aliphatic rings. The number of nitrogens with zero attached hydrogens (tertiary/aromatic N) is 1. The summed E-state index contributed by atoms with van der Waals surface area (Å²) in [6, 6.07) is 9.32. The molecule has 0 radical (unpaired) electrons. The van der Waals surface area contributed by atoms with Crippen LogP contribution in [0.25, 0.3) is 5.69 Å². The van der Waals surface area contributed by atoms with Gasteiger partial charge in [0, 0.05) is 33.9 Å². The first kappa shape index (κ1) is 22.1. The lowest BCUT2D eigenvalue weighted by molar-refractivity contribution is 0.0468. The summed E-state index contributed by atoms with van der Waals surface area (Å²) in [5, 5.41) is 0. The predicted octanol–water partition coefficient (Wildman–Crippen LogP) is 4.29. The van der Waals surface area contributed by atoms with Crippen molar-refractivity contribution < 1.29 is 23.9 Å². The highest BCUT2D eigenvalue weighted by molar-refractivity contribution is 6.03. The van der Waals surface area contributed by atoms with E-state index < -0.39 is 12.6 Å². The molecule has 0 atom stereocenters. The zero-order chi connectivity index (χ0) is 22.9. The molecule has 0 saturated heterocycles. The minimum absolute atomic E-state index is 0.132. The van der Waals surface area contributed by atoms with Gasteiger partial charge in [-0.1, -0.05) is 0 Å². The number of nitrogens with one attached hydrogen (secondary N) is 1. The van der Waals surface area contributed by atoms with Gasteiger partial charge in [-0.15, -0.1) is 0 Å². The zero-order valence-electron chi connectivity index (χ0n) is 18.6. The zero-order valence-corrected chi connectivity index (χ0v) is 18.6. The van der Waals surface area contributed by atoms with E-state index in [1.807, 2.05) is 42.7 Å². The third-order valence-corrected chi connectivity index (χ3v) is 5.39. The SMILES string of the molecule is COc1ccc(-n2c(C)cc(C(=O)COC(=O)c3[nH]c(C)c(C(C)=O)c3C)c2C)cc1. The molecular weight excluding hydrogens is 396 g/mol. The van der Waals surface area contributed by atoms with Gasteiger partial charge in [-0.05, 0) is 70.5 Å². The van der Waals surface area contributed by atoms with Gasteiger partial charge in [0.15, 0.2) is 12.4 Å². The molecular formula is C24H26N2O5. The van der Waals surface area contributed by atoms with Crippen molar-refractivity contribution in [3.8, 4) is 11.4 Å². The smallest absolute Gasteiger partial charge is 0.355 e. The number of rotatable bonds is 7. The van der Waals surface area contributed by atoms with E-state index in [4.69, 9.17) is 9.47 Å². The molecule has 1 aromatic carbocycles. The molecule has 1 N–H and O–H groups in total. The second kappa shape index (κ2) is 8.63. The topological polar surface area (TPSA) is 90.4 Å². The van der Waals surface area contributed by atoms with Crippen molar-refractivity contribution in [1.82, 2.24) is 9.55 Å². The highest BCUT2D eigenvalue weighted by Gasteiger charge is 2.23. The minimum atomic E-state index is -0.662. The number of hydrogen-bond acceptors (Lipinski definition) is 5. The maximum Gasteiger partial charge on any atom is 0.355 e. The Hall–Kier alpha value is -3.61. The summed E-state index contributed by atoms with van der Waals surface area (Å²) in [7, 11) is 1.61. The Kier molecular flexibility index (Phi) is 6.15. The fraction of sp³-hybridized carbons (Fsp3) is 0.292. The van der Waals surface area contributed by atoms with E-state index in [1.54, 1.807) is 27.0 Å². The number of aromatic nitrogens is 2. The van der Waals surface area contributed by atoms with Crippen LogP contribution in [0.1, 0.15) is 60.8 Å². The lowest BCUT2D eigenvalue weighted by Crippen LogP contribution is -2.16. The maximum atomic E-state index is 12.8. The summed E-state index contributed by atoms with van der Waals surface area (Å²) >= 11 is 0. The van der Waals surface area contributed by atoms with Crippen molar-refractivity contribution in [2.45, 2.75) is 34.6 Å². The first-order valence-corrected chi connectivity index (χ1v) is 9.89. The number of ketones is 2. The van der Waals surface area contributed by atoms with Crippen molar-refractivity contribution in [3.63, 3.8) is 0 Å². The number of benzene rings is 1. The third-order valence-electron chi connectivity index (χ3n) is 5.39. The molecule has 0 fully saturated rings. The van der Waals surface area contributed by atoms with E-state index in [0.29, 0.717) is 22.4 Å². The first-order chi connectivity index (χ1) is 14.6. The number of methoxy groups -OCH3 is 1. The van der Waals surface area contributed by atoms with E-state index in [2.05, 4.69) is 4.98 Å². The number of carbonyl (C=O) groups is 3. The molecule has 0 saturated carbocycles. The van der Waals surface area contributed by atoms with E-state index in [0.717, 1.165) is 22.8 Å². The molecule has 7 nitrogen and oxygen atoms in total. The van der Waals surface area contributed by atoms with E-state index in [1.165, 1.54) is 6.92 Å². The Morgan fingerprint density at radius 2 is 1.68 bits per heavy atom. The number of hydrogen-bond donors (Lipinski definition) is 1. The fourth-order valence-electron chi connectivity index (χ4n) is 3.94. The summed E-state index contributed by atoms with van der Waals surface area (Å²) in [5.74, 6) is -0.344. The number of H-pyrrole nitrogens is 1. The molecule has 0 aliphatic carbocycles. The monoisotopic (exact) mass is 422 g/mol. The molecule has 3 rings (SSSR count). The number of aromatic amines is 1. The molecule has 3 aromatic rings. The van der Waals surface area contributed by atoms with Crippen LogP contribution < -0.4 is 4.74 Å². The van der Waals surface area contributed by atoms with E-state index in [9.17, 15) is 14.4 Å². The van der Waals surface area contributed by atoms with Crippen LogP contribution in [0.15, 0.2) is 30.3 Å². The summed E-state index contributed by atoms with van der Waals surface area (Å²) < 4.78 is 12.4. The van der Waals surface area contributed by atoms with Crippen LogP contribution in [-0.2, 0) is 4.74 Å². The molecule has 2 aromatic heterocycles. The van der Waals surface area contributed by atoms with Crippen molar-refractivity contribution in [1.29, 1.82) is 0 Å². The minimum Gasteiger partial charge on any atom is -0.497 e.